The second-order valence-corrected chi connectivity index (χ2v) is 6.83. The van der Waals surface area contributed by atoms with Gasteiger partial charge in [-0.1, -0.05) is 34.1 Å². The third-order valence-electron chi connectivity index (χ3n) is 2.27. The molecule has 0 aliphatic heterocycles. The maximum atomic E-state index is 11.7. The second kappa shape index (κ2) is 6.73. The monoisotopic (exact) mass is 339 g/mol. The van der Waals surface area contributed by atoms with Gasteiger partial charge in [0.25, 0.3) is 0 Å². The lowest BCUT2D eigenvalue weighted by Crippen LogP contribution is -2.29. The van der Waals surface area contributed by atoms with Crippen molar-refractivity contribution in [2.24, 2.45) is 0 Å². The van der Waals surface area contributed by atoms with Gasteiger partial charge in [0.1, 0.15) is 0 Å². The van der Waals surface area contributed by atoms with Crippen molar-refractivity contribution in [2.75, 3.05) is 11.6 Å². The number of hydrogen-bond donors (Lipinski definition) is 1. The molecule has 0 unspecified atom stereocenters. The highest BCUT2D eigenvalue weighted by atomic mass is 79.9. The zero-order chi connectivity index (χ0) is 12.9. The van der Waals surface area contributed by atoms with Crippen LogP contribution in [-0.2, 0) is 10.0 Å². The van der Waals surface area contributed by atoms with Crippen molar-refractivity contribution in [3.63, 3.8) is 0 Å². The van der Waals surface area contributed by atoms with Crippen LogP contribution in [0.4, 0.5) is 0 Å². The molecule has 1 atom stereocenters. The summed E-state index contributed by atoms with van der Waals surface area (Å²) in [6.45, 7) is 1.82. The normalized spacial score (nSPS) is 13.6. The number of nitrogens with one attached hydrogen (secondary N) is 1. The van der Waals surface area contributed by atoms with Crippen molar-refractivity contribution < 1.29 is 8.42 Å². The van der Waals surface area contributed by atoms with E-state index in [-0.39, 0.29) is 11.8 Å². The number of alkyl halides is 1. The van der Waals surface area contributed by atoms with Crippen LogP contribution in [0.3, 0.4) is 0 Å². The summed E-state index contributed by atoms with van der Waals surface area (Å²) in [5.74, 6) is 0.412. The van der Waals surface area contributed by atoms with E-state index in [4.69, 9.17) is 11.6 Å². The summed E-state index contributed by atoms with van der Waals surface area (Å²) in [4.78, 5) is 0. The van der Waals surface area contributed by atoms with Gasteiger partial charge < -0.3 is 0 Å². The third kappa shape index (κ3) is 4.95. The fourth-order valence-corrected chi connectivity index (χ4v) is 3.69. The molecule has 0 aromatic heterocycles. The maximum Gasteiger partial charge on any atom is 0.212 e. The van der Waals surface area contributed by atoms with E-state index in [1.165, 1.54) is 0 Å². The Balaban J connectivity index is 2.73. The lowest BCUT2D eigenvalue weighted by molar-refractivity contribution is 0.565. The Kier molecular flexibility index (Phi) is 5.92. The van der Waals surface area contributed by atoms with Crippen LogP contribution < -0.4 is 4.72 Å². The molecule has 1 N–H and O–H groups in total. The number of benzene rings is 1. The zero-order valence-corrected chi connectivity index (χ0v) is 12.6. The molecule has 3 nitrogen and oxygen atoms in total. The summed E-state index contributed by atoms with van der Waals surface area (Å²) >= 11 is 8.89. The molecular weight excluding hydrogens is 326 g/mol. The van der Waals surface area contributed by atoms with Gasteiger partial charge in [-0.25, -0.2) is 13.1 Å². The molecule has 0 spiro atoms. The average molecular weight is 341 g/mol. The summed E-state index contributed by atoms with van der Waals surface area (Å²) in [7, 11) is -3.26. The molecule has 0 heterocycles. The van der Waals surface area contributed by atoms with Crippen LogP contribution in [0.5, 0.6) is 0 Å². The topological polar surface area (TPSA) is 46.2 Å². The average Bonchev–Trinajstić information content (AvgIpc) is 2.26. The van der Waals surface area contributed by atoms with Crippen molar-refractivity contribution in [3.05, 3.63) is 34.3 Å². The number of rotatable bonds is 6. The van der Waals surface area contributed by atoms with Crippen LogP contribution in [0.15, 0.2) is 28.7 Å². The van der Waals surface area contributed by atoms with E-state index in [9.17, 15) is 8.42 Å². The van der Waals surface area contributed by atoms with Crippen LogP contribution in [0.2, 0.25) is 0 Å². The van der Waals surface area contributed by atoms with Gasteiger partial charge in [0, 0.05) is 16.4 Å². The molecular formula is C11H15BrClNO2S. The van der Waals surface area contributed by atoms with E-state index in [1.54, 1.807) is 0 Å². The van der Waals surface area contributed by atoms with Crippen molar-refractivity contribution in [3.8, 4) is 0 Å². The minimum absolute atomic E-state index is 0.0608. The molecule has 0 radical (unpaired) electrons. The Hall–Kier alpha value is -0.100. The smallest absolute Gasteiger partial charge is 0.212 e. The fraction of sp³-hybridized carbons (Fsp3) is 0.455. The molecule has 17 heavy (non-hydrogen) atoms. The van der Waals surface area contributed by atoms with Gasteiger partial charge in [0.05, 0.1) is 5.75 Å². The largest absolute Gasteiger partial charge is 0.212 e. The molecule has 0 aliphatic carbocycles. The van der Waals surface area contributed by atoms with Gasteiger partial charge in [-0.3, -0.25) is 0 Å². The summed E-state index contributed by atoms with van der Waals surface area (Å²) in [6.07, 6.45) is 0.458. The quantitative estimate of drug-likeness (QED) is 0.809. The van der Waals surface area contributed by atoms with Gasteiger partial charge in [0.15, 0.2) is 0 Å². The first-order valence-corrected chi connectivity index (χ1v) is 8.24. The molecule has 1 rings (SSSR count). The summed E-state index contributed by atoms with van der Waals surface area (Å²) in [5, 5.41) is 0. The van der Waals surface area contributed by atoms with Crippen LogP contribution in [-0.4, -0.2) is 20.1 Å². The van der Waals surface area contributed by atoms with E-state index in [0.29, 0.717) is 12.3 Å². The number of sulfonamides is 1. The molecule has 96 valence electrons. The molecule has 1 aromatic carbocycles. The molecule has 0 saturated carbocycles. The van der Waals surface area contributed by atoms with E-state index in [2.05, 4.69) is 20.7 Å². The Morgan fingerprint density at radius 3 is 2.65 bits per heavy atom. The lowest BCUT2D eigenvalue weighted by atomic mass is 10.1. The van der Waals surface area contributed by atoms with Gasteiger partial charge in [-0.15, -0.1) is 11.6 Å². The molecule has 1 aromatic rings. The molecule has 0 bridgehead atoms. The van der Waals surface area contributed by atoms with E-state index < -0.39 is 10.0 Å². The maximum absolute atomic E-state index is 11.7. The Labute approximate surface area is 116 Å². The first-order valence-electron chi connectivity index (χ1n) is 5.26. The van der Waals surface area contributed by atoms with Crippen molar-refractivity contribution in [1.29, 1.82) is 0 Å². The van der Waals surface area contributed by atoms with Crippen LogP contribution in [0, 0.1) is 0 Å². The van der Waals surface area contributed by atoms with E-state index >= 15 is 0 Å². The molecule has 6 heteroatoms. The highest BCUT2D eigenvalue weighted by molar-refractivity contribution is 9.10. The lowest BCUT2D eigenvalue weighted by Gasteiger charge is -2.15. The minimum atomic E-state index is -3.26. The van der Waals surface area contributed by atoms with Gasteiger partial charge >= 0.3 is 0 Å². The second-order valence-electron chi connectivity index (χ2n) is 3.72. The Morgan fingerprint density at radius 1 is 1.41 bits per heavy atom. The molecule has 0 aliphatic rings. The van der Waals surface area contributed by atoms with Crippen molar-refractivity contribution in [2.45, 2.75) is 19.4 Å². The fourth-order valence-electron chi connectivity index (χ4n) is 1.46. The highest BCUT2D eigenvalue weighted by Crippen LogP contribution is 2.23. The van der Waals surface area contributed by atoms with Gasteiger partial charge in [-0.2, -0.15) is 0 Å². The van der Waals surface area contributed by atoms with Crippen LogP contribution >= 0.6 is 27.5 Å². The van der Waals surface area contributed by atoms with Crippen molar-refractivity contribution in [1.82, 2.24) is 4.72 Å². The van der Waals surface area contributed by atoms with Crippen LogP contribution in [0.25, 0.3) is 0 Å². The Bertz CT molecular complexity index is 464. The van der Waals surface area contributed by atoms with Crippen LogP contribution in [0.1, 0.15) is 24.9 Å². The number of halogens is 2. The third-order valence-corrected chi connectivity index (χ3v) is 4.80. The Morgan fingerprint density at radius 2 is 2.06 bits per heavy atom. The molecule has 0 amide bonds. The predicted octanol–water partition coefficient (Wildman–Crippen LogP) is 3.06. The summed E-state index contributed by atoms with van der Waals surface area (Å²) in [5.41, 5.74) is 0.918. The zero-order valence-electron chi connectivity index (χ0n) is 9.49. The summed E-state index contributed by atoms with van der Waals surface area (Å²) in [6, 6.07) is 7.29. The van der Waals surface area contributed by atoms with Crippen molar-refractivity contribution >= 4 is 37.6 Å². The van der Waals surface area contributed by atoms with Gasteiger partial charge in [0.2, 0.25) is 10.0 Å². The molecule has 0 saturated heterocycles. The number of hydrogen-bond acceptors (Lipinski definition) is 2. The minimum Gasteiger partial charge on any atom is -0.212 e. The van der Waals surface area contributed by atoms with E-state index in [1.807, 2.05) is 31.2 Å². The molecule has 0 fully saturated rings. The standard InChI is InChI=1S/C11H15BrClNO2S/c1-9(10-5-2-3-6-11(10)12)14-17(15,16)8-4-7-13/h2-3,5-6,9,14H,4,7-8H2,1H3/t9-/m1/s1. The first kappa shape index (κ1) is 15.0. The van der Waals surface area contributed by atoms with E-state index in [0.717, 1.165) is 10.0 Å². The SMILES string of the molecule is C[C@@H](NS(=O)(=O)CCCCl)c1ccccc1Br. The predicted molar refractivity (Wildman–Crippen MR) is 74.8 cm³/mol. The van der Waals surface area contributed by atoms with Gasteiger partial charge in [-0.05, 0) is 25.0 Å². The summed E-state index contributed by atoms with van der Waals surface area (Å²) < 4.78 is 26.9. The first-order chi connectivity index (χ1) is 7.96. The highest BCUT2D eigenvalue weighted by Gasteiger charge is 2.16.